The second-order valence-electron chi connectivity index (χ2n) is 7.48. The molecule has 5 heteroatoms. The van der Waals surface area contributed by atoms with E-state index >= 15 is 0 Å². The lowest BCUT2D eigenvalue weighted by Crippen LogP contribution is -2.35. The van der Waals surface area contributed by atoms with Crippen molar-refractivity contribution in [1.82, 2.24) is 4.31 Å². The molecule has 0 saturated heterocycles. The summed E-state index contributed by atoms with van der Waals surface area (Å²) in [5.74, 6) is 0.586. The van der Waals surface area contributed by atoms with Gasteiger partial charge >= 0.3 is 0 Å². The first kappa shape index (κ1) is 19.4. The monoisotopic (exact) mass is 404 g/mol. The van der Waals surface area contributed by atoms with Gasteiger partial charge in [0.05, 0.1) is 17.5 Å². The smallest absolute Gasteiger partial charge is 0.261 e. The van der Waals surface area contributed by atoms with E-state index in [0.717, 1.165) is 16.7 Å². The molecule has 4 rings (SSSR count). The molecule has 0 aromatic heterocycles. The van der Waals surface area contributed by atoms with E-state index in [9.17, 15) is 8.42 Å². The molecule has 0 bridgehead atoms. The van der Waals surface area contributed by atoms with Crippen molar-refractivity contribution in [2.75, 3.05) is 6.54 Å². The molecule has 0 saturated carbocycles. The number of aliphatic imine (C=N–C) groups is 1. The van der Waals surface area contributed by atoms with Gasteiger partial charge in [0, 0.05) is 6.42 Å². The Kier molecular flexibility index (Phi) is 5.24. The van der Waals surface area contributed by atoms with Crippen molar-refractivity contribution in [1.29, 1.82) is 0 Å². The van der Waals surface area contributed by atoms with E-state index in [-0.39, 0.29) is 6.04 Å². The van der Waals surface area contributed by atoms with Gasteiger partial charge in [-0.2, -0.15) is 0 Å². The number of hydrogen-bond donors (Lipinski definition) is 0. The van der Waals surface area contributed by atoms with Crippen LogP contribution in [0.5, 0.6) is 0 Å². The van der Waals surface area contributed by atoms with Gasteiger partial charge in [0.15, 0.2) is 0 Å². The molecule has 29 heavy (non-hydrogen) atoms. The van der Waals surface area contributed by atoms with Gasteiger partial charge in [0.2, 0.25) is 0 Å². The van der Waals surface area contributed by atoms with Gasteiger partial charge in [-0.15, -0.1) is 0 Å². The second-order valence-corrected chi connectivity index (χ2v) is 9.35. The summed E-state index contributed by atoms with van der Waals surface area (Å²) in [6.45, 7) is 4.31. The number of sulfonamides is 1. The first-order valence-electron chi connectivity index (χ1n) is 9.70. The van der Waals surface area contributed by atoms with E-state index < -0.39 is 10.0 Å². The number of aryl methyl sites for hydroxylation is 2. The van der Waals surface area contributed by atoms with Crippen LogP contribution in [0.15, 0.2) is 88.8 Å². The third kappa shape index (κ3) is 4.10. The maximum atomic E-state index is 13.4. The van der Waals surface area contributed by atoms with Crippen LogP contribution in [0.3, 0.4) is 0 Å². The average Bonchev–Trinajstić information content (AvgIpc) is 3.14. The van der Waals surface area contributed by atoms with Gasteiger partial charge in [0.1, 0.15) is 5.84 Å². The molecule has 1 atom stereocenters. The molecular formula is C24H24N2O2S. The van der Waals surface area contributed by atoms with Crippen molar-refractivity contribution in [3.05, 3.63) is 101 Å². The number of benzene rings is 3. The molecule has 1 heterocycles. The quantitative estimate of drug-likeness (QED) is 0.619. The first-order valence-corrected chi connectivity index (χ1v) is 11.1. The number of nitrogens with zero attached hydrogens (tertiary/aromatic N) is 2. The first-order chi connectivity index (χ1) is 13.9. The molecule has 0 radical (unpaired) electrons. The number of rotatable bonds is 5. The minimum absolute atomic E-state index is 0.200. The van der Waals surface area contributed by atoms with Crippen LogP contribution in [0.1, 0.15) is 28.3 Å². The molecule has 3 aromatic carbocycles. The fourth-order valence-electron chi connectivity index (χ4n) is 3.50. The van der Waals surface area contributed by atoms with Gasteiger partial charge in [0.25, 0.3) is 10.0 Å². The maximum Gasteiger partial charge on any atom is 0.265 e. The van der Waals surface area contributed by atoms with Crippen LogP contribution in [-0.2, 0) is 16.4 Å². The van der Waals surface area contributed by atoms with E-state index in [1.807, 2.05) is 80.6 Å². The van der Waals surface area contributed by atoms with Gasteiger partial charge in [-0.3, -0.25) is 9.30 Å². The average molecular weight is 405 g/mol. The molecule has 148 valence electrons. The Bertz CT molecular complexity index is 1120. The van der Waals surface area contributed by atoms with Crippen molar-refractivity contribution in [2.45, 2.75) is 31.2 Å². The van der Waals surface area contributed by atoms with Crippen LogP contribution >= 0.6 is 0 Å². The topological polar surface area (TPSA) is 49.7 Å². The highest BCUT2D eigenvalue weighted by molar-refractivity contribution is 7.89. The fourth-order valence-corrected chi connectivity index (χ4v) is 4.96. The van der Waals surface area contributed by atoms with Gasteiger partial charge in [-0.1, -0.05) is 77.9 Å². The van der Waals surface area contributed by atoms with E-state index in [1.165, 1.54) is 9.87 Å². The van der Waals surface area contributed by atoms with Crippen molar-refractivity contribution >= 4 is 15.9 Å². The standard InChI is InChI=1S/C24H24N2O2S/c1-18-8-12-21(13-9-18)23-17-26(24(25-23)16-20-6-4-3-5-7-20)29(27,28)22-14-10-19(2)11-15-22/h3-15,23H,16-17H2,1-2H3. The third-order valence-corrected chi connectivity index (χ3v) is 7.02. The summed E-state index contributed by atoms with van der Waals surface area (Å²) < 4.78 is 28.3. The lowest BCUT2D eigenvalue weighted by Gasteiger charge is -2.21. The zero-order valence-corrected chi connectivity index (χ0v) is 17.4. The van der Waals surface area contributed by atoms with Crippen molar-refractivity contribution in [3.8, 4) is 0 Å². The molecule has 0 aliphatic carbocycles. The highest BCUT2D eigenvalue weighted by Crippen LogP contribution is 2.31. The van der Waals surface area contributed by atoms with Crippen LogP contribution in [0.25, 0.3) is 0 Å². The molecule has 1 aliphatic heterocycles. The predicted octanol–water partition coefficient (Wildman–Crippen LogP) is 4.69. The van der Waals surface area contributed by atoms with Crippen LogP contribution in [0.4, 0.5) is 0 Å². The molecule has 1 aliphatic rings. The number of amidine groups is 1. The third-order valence-electron chi connectivity index (χ3n) is 5.21. The molecular weight excluding hydrogens is 380 g/mol. The van der Waals surface area contributed by atoms with E-state index in [1.54, 1.807) is 12.1 Å². The normalized spacial score (nSPS) is 16.7. The van der Waals surface area contributed by atoms with Gasteiger partial charge in [-0.05, 0) is 37.1 Å². The molecule has 0 fully saturated rings. The maximum absolute atomic E-state index is 13.4. The van der Waals surface area contributed by atoms with E-state index in [0.29, 0.717) is 23.7 Å². The second kappa shape index (κ2) is 7.84. The lowest BCUT2D eigenvalue weighted by molar-refractivity contribution is 0.518. The number of hydrogen-bond acceptors (Lipinski definition) is 3. The minimum atomic E-state index is -3.67. The summed E-state index contributed by atoms with van der Waals surface area (Å²) in [5.41, 5.74) is 4.27. The summed E-state index contributed by atoms with van der Waals surface area (Å²) in [6, 6.07) is 24.8. The summed E-state index contributed by atoms with van der Waals surface area (Å²) in [6.07, 6.45) is 0.480. The minimum Gasteiger partial charge on any atom is -0.261 e. The van der Waals surface area contributed by atoms with E-state index in [4.69, 9.17) is 4.99 Å². The van der Waals surface area contributed by atoms with Gasteiger partial charge in [-0.25, -0.2) is 8.42 Å². The van der Waals surface area contributed by atoms with Crippen molar-refractivity contribution in [3.63, 3.8) is 0 Å². The molecule has 0 amide bonds. The Hall–Kier alpha value is -2.92. The lowest BCUT2D eigenvalue weighted by atomic mass is 10.1. The largest absolute Gasteiger partial charge is 0.265 e. The summed E-state index contributed by atoms with van der Waals surface area (Å²) in [4.78, 5) is 5.14. The van der Waals surface area contributed by atoms with E-state index in [2.05, 4.69) is 0 Å². The molecule has 1 unspecified atom stereocenters. The van der Waals surface area contributed by atoms with Crippen molar-refractivity contribution in [2.24, 2.45) is 4.99 Å². The Balaban J connectivity index is 1.71. The molecule has 3 aromatic rings. The fraction of sp³-hybridized carbons (Fsp3) is 0.208. The molecule has 0 N–H and O–H groups in total. The highest BCUT2D eigenvalue weighted by atomic mass is 32.2. The molecule has 4 nitrogen and oxygen atoms in total. The SMILES string of the molecule is Cc1ccc(C2CN(S(=O)(=O)c3ccc(C)cc3)C(Cc3ccccc3)=N2)cc1. The Morgan fingerprint density at radius 3 is 2.07 bits per heavy atom. The summed E-state index contributed by atoms with van der Waals surface area (Å²) >= 11 is 0. The van der Waals surface area contributed by atoms with Crippen LogP contribution in [0.2, 0.25) is 0 Å². The highest BCUT2D eigenvalue weighted by Gasteiger charge is 2.35. The Morgan fingerprint density at radius 1 is 0.862 bits per heavy atom. The predicted molar refractivity (Wildman–Crippen MR) is 117 cm³/mol. The zero-order chi connectivity index (χ0) is 20.4. The van der Waals surface area contributed by atoms with Gasteiger partial charge < -0.3 is 0 Å². The summed E-state index contributed by atoms with van der Waals surface area (Å²) in [7, 11) is -3.67. The van der Waals surface area contributed by atoms with Crippen LogP contribution < -0.4 is 0 Å². The van der Waals surface area contributed by atoms with Crippen LogP contribution in [-0.4, -0.2) is 25.1 Å². The molecule has 0 spiro atoms. The van der Waals surface area contributed by atoms with Crippen molar-refractivity contribution < 1.29 is 8.42 Å². The van der Waals surface area contributed by atoms with Crippen LogP contribution in [0, 0.1) is 13.8 Å². The Morgan fingerprint density at radius 2 is 1.45 bits per heavy atom. The zero-order valence-electron chi connectivity index (χ0n) is 16.6. The summed E-state index contributed by atoms with van der Waals surface area (Å²) in [5, 5.41) is 0. The Labute approximate surface area is 172 Å².